The SMILES string of the molecule is CCCCOc1ccc(/C=C/C=C/c2ccccc2)cc1OCCCC. The molecule has 0 spiro atoms. The highest BCUT2D eigenvalue weighted by Gasteiger charge is 2.06. The zero-order chi connectivity index (χ0) is 18.5. The normalized spacial score (nSPS) is 11.3. The van der Waals surface area contributed by atoms with E-state index in [9.17, 15) is 0 Å². The molecule has 0 aliphatic rings. The molecule has 0 N–H and O–H groups in total. The highest BCUT2D eigenvalue weighted by Crippen LogP contribution is 2.29. The fourth-order valence-electron chi connectivity index (χ4n) is 2.41. The molecule has 0 aliphatic carbocycles. The molecule has 2 aromatic carbocycles. The summed E-state index contributed by atoms with van der Waals surface area (Å²) in [5, 5.41) is 0. The van der Waals surface area contributed by atoms with Gasteiger partial charge in [-0.05, 0) is 36.1 Å². The summed E-state index contributed by atoms with van der Waals surface area (Å²) in [5.74, 6) is 1.68. The third-order valence-electron chi connectivity index (χ3n) is 3.97. The Balaban J connectivity index is 2.03. The maximum atomic E-state index is 5.95. The predicted molar refractivity (Wildman–Crippen MR) is 112 cm³/mol. The summed E-state index contributed by atoms with van der Waals surface area (Å²) in [6.07, 6.45) is 12.6. The van der Waals surface area contributed by atoms with Crippen LogP contribution < -0.4 is 9.47 Å². The molecule has 2 rings (SSSR count). The molecule has 2 nitrogen and oxygen atoms in total. The lowest BCUT2D eigenvalue weighted by molar-refractivity contribution is 0.262. The Morgan fingerprint density at radius 3 is 1.96 bits per heavy atom. The van der Waals surface area contributed by atoms with Crippen LogP contribution in [0.2, 0.25) is 0 Å². The Morgan fingerprint density at radius 2 is 1.31 bits per heavy atom. The van der Waals surface area contributed by atoms with Crippen LogP contribution in [0.5, 0.6) is 11.5 Å². The molecule has 0 bridgehead atoms. The van der Waals surface area contributed by atoms with Crippen LogP contribution in [0.3, 0.4) is 0 Å². The maximum absolute atomic E-state index is 5.95. The van der Waals surface area contributed by atoms with Gasteiger partial charge in [0.25, 0.3) is 0 Å². The van der Waals surface area contributed by atoms with Crippen LogP contribution in [0.4, 0.5) is 0 Å². The lowest BCUT2D eigenvalue weighted by Crippen LogP contribution is -2.02. The van der Waals surface area contributed by atoms with E-state index >= 15 is 0 Å². The Hall–Kier alpha value is -2.48. The van der Waals surface area contributed by atoms with Crippen LogP contribution in [-0.4, -0.2) is 13.2 Å². The number of benzene rings is 2. The van der Waals surface area contributed by atoms with E-state index in [1.807, 2.05) is 24.3 Å². The minimum absolute atomic E-state index is 0.724. The summed E-state index contributed by atoms with van der Waals surface area (Å²) in [6.45, 7) is 5.79. The molecule has 0 unspecified atom stereocenters. The van der Waals surface area contributed by atoms with Crippen LogP contribution >= 0.6 is 0 Å². The first-order chi connectivity index (χ1) is 12.8. The van der Waals surface area contributed by atoms with Gasteiger partial charge in [0.1, 0.15) is 0 Å². The van der Waals surface area contributed by atoms with Gasteiger partial charge in [-0.3, -0.25) is 0 Å². The summed E-state index contributed by atoms with van der Waals surface area (Å²) in [6, 6.07) is 16.4. The van der Waals surface area contributed by atoms with Crippen LogP contribution in [0.1, 0.15) is 50.7 Å². The van der Waals surface area contributed by atoms with E-state index in [1.165, 1.54) is 5.56 Å². The Kier molecular flexibility index (Phi) is 9.13. The monoisotopic (exact) mass is 350 g/mol. The maximum Gasteiger partial charge on any atom is 0.161 e. The van der Waals surface area contributed by atoms with E-state index in [0.29, 0.717) is 0 Å². The largest absolute Gasteiger partial charge is 0.490 e. The lowest BCUT2D eigenvalue weighted by Gasteiger charge is -2.13. The van der Waals surface area contributed by atoms with Crippen molar-refractivity contribution in [3.63, 3.8) is 0 Å². The molecule has 0 saturated heterocycles. The second-order valence-electron chi connectivity index (χ2n) is 6.24. The number of ether oxygens (including phenoxy) is 2. The number of allylic oxidation sites excluding steroid dienone is 2. The van der Waals surface area contributed by atoms with Crippen molar-refractivity contribution in [2.24, 2.45) is 0 Å². The lowest BCUT2D eigenvalue weighted by atomic mass is 10.1. The fourth-order valence-corrected chi connectivity index (χ4v) is 2.41. The third kappa shape index (κ3) is 7.18. The van der Waals surface area contributed by atoms with Gasteiger partial charge >= 0.3 is 0 Å². The average Bonchev–Trinajstić information content (AvgIpc) is 2.68. The molecule has 0 atom stereocenters. The zero-order valence-corrected chi connectivity index (χ0v) is 16.0. The van der Waals surface area contributed by atoms with Crippen molar-refractivity contribution in [2.45, 2.75) is 39.5 Å². The topological polar surface area (TPSA) is 18.5 Å². The van der Waals surface area contributed by atoms with Gasteiger partial charge in [0.15, 0.2) is 11.5 Å². The van der Waals surface area contributed by atoms with Gasteiger partial charge in [-0.1, -0.05) is 87.4 Å². The Morgan fingerprint density at radius 1 is 0.692 bits per heavy atom. The van der Waals surface area contributed by atoms with E-state index in [0.717, 1.165) is 56.0 Å². The molecule has 138 valence electrons. The first-order valence-electron chi connectivity index (χ1n) is 9.63. The van der Waals surface area contributed by atoms with Gasteiger partial charge in [0, 0.05) is 0 Å². The standard InChI is InChI=1S/C24H30O2/c1-3-5-18-25-23-17-16-22(20-24(23)26-19-6-4-2)15-11-10-14-21-12-8-7-9-13-21/h7-17,20H,3-6,18-19H2,1-2H3/b14-10+,15-11+. The molecule has 0 aromatic heterocycles. The van der Waals surface area contributed by atoms with Crippen molar-refractivity contribution in [3.8, 4) is 11.5 Å². The molecule has 0 saturated carbocycles. The summed E-state index contributed by atoms with van der Waals surface area (Å²) in [4.78, 5) is 0. The van der Waals surface area contributed by atoms with Gasteiger partial charge in [-0.15, -0.1) is 0 Å². The number of hydrogen-bond donors (Lipinski definition) is 0. The molecule has 26 heavy (non-hydrogen) atoms. The van der Waals surface area contributed by atoms with Gasteiger partial charge in [0.2, 0.25) is 0 Å². The van der Waals surface area contributed by atoms with Crippen molar-refractivity contribution in [1.29, 1.82) is 0 Å². The van der Waals surface area contributed by atoms with E-state index in [4.69, 9.17) is 9.47 Å². The van der Waals surface area contributed by atoms with Crippen molar-refractivity contribution in [1.82, 2.24) is 0 Å². The highest BCUT2D eigenvalue weighted by molar-refractivity contribution is 5.59. The van der Waals surface area contributed by atoms with E-state index in [2.05, 4.69) is 62.4 Å². The smallest absolute Gasteiger partial charge is 0.161 e. The second kappa shape index (κ2) is 12.0. The van der Waals surface area contributed by atoms with Crippen LogP contribution in [-0.2, 0) is 0 Å². The molecule has 0 aliphatic heterocycles. The minimum Gasteiger partial charge on any atom is -0.490 e. The molecule has 0 amide bonds. The molecule has 2 aromatic rings. The van der Waals surface area contributed by atoms with Crippen molar-refractivity contribution < 1.29 is 9.47 Å². The van der Waals surface area contributed by atoms with Gasteiger partial charge < -0.3 is 9.47 Å². The van der Waals surface area contributed by atoms with Crippen LogP contribution in [0.15, 0.2) is 60.7 Å². The quantitative estimate of drug-likeness (QED) is 0.329. The van der Waals surface area contributed by atoms with Gasteiger partial charge in [-0.25, -0.2) is 0 Å². The molecule has 0 heterocycles. The summed E-state index contributed by atoms with van der Waals surface area (Å²) < 4.78 is 11.8. The first kappa shape index (κ1) is 19.8. The van der Waals surface area contributed by atoms with Crippen LogP contribution in [0, 0.1) is 0 Å². The third-order valence-corrected chi connectivity index (χ3v) is 3.97. The first-order valence-corrected chi connectivity index (χ1v) is 9.63. The number of unbranched alkanes of at least 4 members (excludes halogenated alkanes) is 2. The molecular weight excluding hydrogens is 320 g/mol. The summed E-state index contributed by atoms with van der Waals surface area (Å²) in [5.41, 5.74) is 2.30. The predicted octanol–water partition coefficient (Wildman–Crippen LogP) is 6.77. The van der Waals surface area contributed by atoms with E-state index < -0.39 is 0 Å². The van der Waals surface area contributed by atoms with Gasteiger partial charge in [0.05, 0.1) is 13.2 Å². The zero-order valence-electron chi connectivity index (χ0n) is 16.0. The molecule has 0 fully saturated rings. The highest BCUT2D eigenvalue weighted by atomic mass is 16.5. The van der Waals surface area contributed by atoms with E-state index in [1.54, 1.807) is 0 Å². The Labute approximate surface area is 158 Å². The minimum atomic E-state index is 0.724. The molecule has 0 radical (unpaired) electrons. The number of rotatable bonds is 11. The van der Waals surface area contributed by atoms with Crippen LogP contribution in [0.25, 0.3) is 12.2 Å². The second-order valence-corrected chi connectivity index (χ2v) is 6.24. The molecular formula is C24H30O2. The van der Waals surface area contributed by atoms with Crippen molar-refractivity contribution >= 4 is 12.2 Å². The van der Waals surface area contributed by atoms with Gasteiger partial charge in [-0.2, -0.15) is 0 Å². The summed E-state index contributed by atoms with van der Waals surface area (Å²) >= 11 is 0. The number of hydrogen-bond acceptors (Lipinski definition) is 2. The van der Waals surface area contributed by atoms with Crippen molar-refractivity contribution in [3.05, 3.63) is 71.8 Å². The average molecular weight is 351 g/mol. The van der Waals surface area contributed by atoms with E-state index in [-0.39, 0.29) is 0 Å². The molecule has 2 heteroatoms. The fraction of sp³-hybridized carbons (Fsp3) is 0.333. The summed E-state index contributed by atoms with van der Waals surface area (Å²) in [7, 11) is 0. The van der Waals surface area contributed by atoms with Crippen molar-refractivity contribution in [2.75, 3.05) is 13.2 Å². The Bertz CT molecular complexity index is 687.